The van der Waals surface area contributed by atoms with E-state index in [1.165, 1.54) is 12.3 Å². The zero-order chi connectivity index (χ0) is 18.7. The van der Waals surface area contributed by atoms with E-state index in [0.29, 0.717) is 10.6 Å². The Morgan fingerprint density at radius 3 is 2.40 bits per heavy atom. The van der Waals surface area contributed by atoms with Crippen LogP contribution in [0.1, 0.15) is 13.8 Å². The number of rotatable bonds is 6. The topological polar surface area (TPSA) is 90.1 Å². The van der Waals surface area contributed by atoms with Gasteiger partial charge in [0.2, 0.25) is 11.8 Å². The molecule has 1 aromatic heterocycles. The summed E-state index contributed by atoms with van der Waals surface area (Å²) in [5, 5.41) is 8.14. The van der Waals surface area contributed by atoms with E-state index in [9.17, 15) is 17.4 Å². The van der Waals surface area contributed by atoms with Crippen molar-refractivity contribution in [3.05, 3.63) is 36.5 Å². The molecule has 136 valence electrons. The van der Waals surface area contributed by atoms with Gasteiger partial charge in [-0.2, -0.15) is 18.2 Å². The van der Waals surface area contributed by atoms with Gasteiger partial charge in [0.05, 0.1) is 10.3 Å². The van der Waals surface area contributed by atoms with Crippen molar-refractivity contribution in [3.63, 3.8) is 0 Å². The van der Waals surface area contributed by atoms with Crippen LogP contribution in [-0.4, -0.2) is 27.0 Å². The first-order valence-corrected chi connectivity index (χ1v) is 8.36. The molecule has 3 N–H and O–H groups in total. The third kappa shape index (κ3) is 5.13. The Balaban J connectivity index is 2.05. The van der Waals surface area contributed by atoms with E-state index < -0.39 is 29.2 Å². The van der Waals surface area contributed by atoms with E-state index in [2.05, 4.69) is 15.3 Å². The number of nitrogens with one attached hydrogen (secondary N) is 1. The van der Waals surface area contributed by atoms with Gasteiger partial charge in [-0.15, -0.1) is 0 Å². The molecule has 2 aromatic rings. The van der Waals surface area contributed by atoms with Crippen molar-refractivity contribution in [1.29, 1.82) is 0 Å². The van der Waals surface area contributed by atoms with Crippen molar-refractivity contribution in [1.82, 2.24) is 9.97 Å². The second kappa shape index (κ2) is 7.36. The van der Waals surface area contributed by atoms with Gasteiger partial charge in [0, 0.05) is 18.0 Å². The van der Waals surface area contributed by atoms with E-state index in [1.54, 1.807) is 24.3 Å². The number of nitrogens with zero attached hydrogens (tertiary/aromatic N) is 2. The number of halogens is 3. The summed E-state index contributed by atoms with van der Waals surface area (Å²) >= 11 is 0. The summed E-state index contributed by atoms with van der Waals surface area (Å²) in [6, 6.07) is 7.78. The van der Waals surface area contributed by atoms with Gasteiger partial charge in [-0.1, -0.05) is 0 Å². The number of nitrogens with two attached hydrogens (primary N) is 1. The average Bonchev–Trinajstić information content (AvgIpc) is 2.53. The van der Waals surface area contributed by atoms with E-state index >= 15 is 0 Å². The van der Waals surface area contributed by atoms with Crippen molar-refractivity contribution in [3.8, 4) is 5.88 Å². The standard InChI is InChI=1S/C15H17F3N4O2S/c1-14(2,15(16,17)18)9-24-12-7-8-20-13(22-12)21-10-3-5-11(6-4-10)25(19)23/h3-8H,9,19H2,1-2H3,(H,20,21,22). The lowest BCUT2D eigenvalue weighted by atomic mass is 9.94. The van der Waals surface area contributed by atoms with Gasteiger partial charge < -0.3 is 10.1 Å². The third-order valence-electron chi connectivity index (χ3n) is 3.32. The SMILES string of the molecule is CC(C)(COc1ccnc(Nc2ccc(S(N)=O)cc2)n1)C(F)(F)F. The third-order valence-corrected chi connectivity index (χ3v) is 4.06. The predicted octanol–water partition coefficient (Wildman–Crippen LogP) is 3.17. The summed E-state index contributed by atoms with van der Waals surface area (Å²) in [6.07, 6.45) is -3.01. The Kier molecular flexibility index (Phi) is 5.63. The molecule has 0 spiro atoms. The molecule has 0 aliphatic rings. The van der Waals surface area contributed by atoms with E-state index in [1.807, 2.05) is 0 Å². The van der Waals surface area contributed by atoms with Gasteiger partial charge in [-0.25, -0.2) is 14.3 Å². The highest BCUT2D eigenvalue weighted by Crippen LogP contribution is 2.37. The Morgan fingerprint density at radius 2 is 1.84 bits per heavy atom. The van der Waals surface area contributed by atoms with Crippen LogP contribution in [-0.2, 0) is 11.0 Å². The summed E-state index contributed by atoms with van der Waals surface area (Å²) < 4.78 is 54.8. The fourth-order valence-corrected chi connectivity index (χ4v) is 2.02. The largest absolute Gasteiger partial charge is 0.477 e. The number of hydrogen-bond donors (Lipinski definition) is 2. The molecule has 1 aromatic carbocycles. The van der Waals surface area contributed by atoms with Gasteiger partial charge >= 0.3 is 6.18 Å². The molecule has 0 fully saturated rings. The van der Waals surface area contributed by atoms with Crippen molar-refractivity contribution in [2.75, 3.05) is 11.9 Å². The fourth-order valence-electron chi connectivity index (χ4n) is 1.62. The minimum absolute atomic E-state index is 0.0227. The molecule has 0 saturated carbocycles. The van der Waals surface area contributed by atoms with Crippen LogP contribution in [0.4, 0.5) is 24.8 Å². The monoisotopic (exact) mass is 374 g/mol. The molecular formula is C15H17F3N4O2S. The maximum absolute atomic E-state index is 12.8. The van der Waals surface area contributed by atoms with Gasteiger partial charge in [0.15, 0.2) is 0 Å². The second-order valence-electron chi connectivity index (χ2n) is 5.84. The lowest BCUT2D eigenvalue weighted by Gasteiger charge is -2.27. The quantitative estimate of drug-likeness (QED) is 0.811. The molecule has 1 unspecified atom stereocenters. The fraction of sp³-hybridized carbons (Fsp3) is 0.333. The van der Waals surface area contributed by atoms with Gasteiger partial charge in [-0.05, 0) is 38.1 Å². The normalized spacial score (nSPS) is 13.4. The van der Waals surface area contributed by atoms with Crippen molar-refractivity contribution < 1.29 is 22.1 Å². The maximum atomic E-state index is 12.8. The first kappa shape index (κ1) is 19.1. The highest BCUT2D eigenvalue weighted by Gasteiger charge is 2.48. The minimum atomic E-state index is -4.38. The maximum Gasteiger partial charge on any atom is 0.397 e. The molecule has 1 heterocycles. The second-order valence-corrected chi connectivity index (χ2v) is 6.90. The van der Waals surface area contributed by atoms with Crippen LogP contribution in [0.2, 0.25) is 0 Å². The lowest BCUT2D eigenvalue weighted by molar-refractivity contribution is -0.219. The smallest absolute Gasteiger partial charge is 0.397 e. The number of alkyl halides is 3. The number of hydrogen-bond acceptors (Lipinski definition) is 5. The van der Waals surface area contributed by atoms with Crippen molar-refractivity contribution in [2.45, 2.75) is 24.9 Å². The number of aromatic nitrogens is 2. The molecule has 25 heavy (non-hydrogen) atoms. The zero-order valence-electron chi connectivity index (χ0n) is 13.5. The highest BCUT2D eigenvalue weighted by molar-refractivity contribution is 7.82. The van der Waals surface area contributed by atoms with Gasteiger partial charge in [0.1, 0.15) is 17.6 Å². The average molecular weight is 374 g/mol. The molecule has 6 nitrogen and oxygen atoms in total. The van der Waals surface area contributed by atoms with Crippen molar-refractivity contribution in [2.24, 2.45) is 10.6 Å². The van der Waals surface area contributed by atoms with E-state index in [-0.39, 0.29) is 11.8 Å². The summed E-state index contributed by atoms with van der Waals surface area (Å²) in [5.74, 6) is 0.179. The molecule has 0 amide bonds. The molecule has 2 rings (SSSR count). The first-order valence-electron chi connectivity index (χ1n) is 7.14. The number of benzene rings is 1. The van der Waals surface area contributed by atoms with Crippen LogP contribution >= 0.6 is 0 Å². The van der Waals surface area contributed by atoms with Crippen LogP contribution in [0.3, 0.4) is 0 Å². The Morgan fingerprint density at radius 1 is 1.20 bits per heavy atom. The molecule has 0 radical (unpaired) electrons. The Bertz CT molecular complexity index is 751. The zero-order valence-corrected chi connectivity index (χ0v) is 14.3. The van der Waals surface area contributed by atoms with Crippen LogP contribution < -0.4 is 15.2 Å². The molecule has 0 saturated heterocycles. The summed E-state index contributed by atoms with van der Waals surface area (Å²) in [7, 11) is -1.58. The van der Waals surface area contributed by atoms with Gasteiger partial charge in [-0.3, -0.25) is 0 Å². The summed E-state index contributed by atoms with van der Waals surface area (Å²) in [4.78, 5) is 8.45. The Labute approximate surface area is 145 Å². The van der Waals surface area contributed by atoms with E-state index in [4.69, 9.17) is 9.88 Å². The molecule has 0 aliphatic heterocycles. The summed E-state index contributed by atoms with van der Waals surface area (Å²) in [5.41, 5.74) is -1.40. The molecule has 0 bridgehead atoms. The first-order chi connectivity index (χ1) is 11.6. The number of anilines is 2. The lowest BCUT2D eigenvalue weighted by Crippen LogP contribution is -2.37. The molecule has 0 aliphatic carbocycles. The van der Waals surface area contributed by atoms with Crippen LogP contribution in [0.15, 0.2) is 41.4 Å². The molecular weight excluding hydrogens is 357 g/mol. The minimum Gasteiger partial charge on any atom is -0.477 e. The Hall–Kier alpha value is -2.20. The van der Waals surface area contributed by atoms with Crippen LogP contribution in [0.25, 0.3) is 0 Å². The summed E-state index contributed by atoms with van der Waals surface area (Å²) in [6.45, 7) is 1.54. The predicted molar refractivity (Wildman–Crippen MR) is 87.7 cm³/mol. The van der Waals surface area contributed by atoms with E-state index in [0.717, 1.165) is 13.8 Å². The van der Waals surface area contributed by atoms with Crippen LogP contribution in [0.5, 0.6) is 5.88 Å². The van der Waals surface area contributed by atoms with Gasteiger partial charge in [0.25, 0.3) is 0 Å². The molecule has 10 heteroatoms. The highest BCUT2D eigenvalue weighted by atomic mass is 32.2. The number of ether oxygens (including phenoxy) is 1. The molecule has 1 atom stereocenters. The van der Waals surface area contributed by atoms with Crippen LogP contribution in [0, 0.1) is 5.41 Å². The van der Waals surface area contributed by atoms with Crippen molar-refractivity contribution >= 4 is 22.6 Å².